The Morgan fingerprint density at radius 1 is 1.33 bits per heavy atom. The van der Waals surface area contributed by atoms with Crippen molar-refractivity contribution in [3.63, 3.8) is 0 Å². The predicted octanol–water partition coefficient (Wildman–Crippen LogP) is 0.603. The molecular formula is C11H12BNO2. The molecule has 4 heteroatoms. The van der Waals surface area contributed by atoms with Crippen molar-refractivity contribution in [3.8, 4) is 5.88 Å². The maximum Gasteiger partial charge on any atom is 0.304 e. The molecule has 0 saturated carbocycles. The van der Waals surface area contributed by atoms with Crippen molar-refractivity contribution in [3.05, 3.63) is 30.3 Å². The second-order valence-corrected chi connectivity index (χ2v) is 3.27. The molecule has 15 heavy (non-hydrogen) atoms. The summed E-state index contributed by atoms with van der Waals surface area (Å²) in [5.74, 6) is 0.641. The van der Waals surface area contributed by atoms with Crippen LogP contribution in [0.1, 0.15) is 6.92 Å². The van der Waals surface area contributed by atoms with E-state index < -0.39 is 0 Å². The highest BCUT2D eigenvalue weighted by Crippen LogP contribution is 2.15. The summed E-state index contributed by atoms with van der Waals surface area (Å²) in [5.41, 5.74) is 1.78. The summed E-state index contributed by atoms with van der Waals surface area (Å²) >= 11 is 0. The summed E-state index contributed by atoms with van der Waals surface area (Å²) in [5, 5.41) is 10.0. The summed E-state index contributed by atoms with van der Waals surface area (Å²) in [6, 6.07) is 9.48. The Morgan fingerprint density at radius 3 is 2.93 bits per heavy atom. The lowest BCUT2D eigenvalue weighted by Gasteiger charge is -2.04. The fraction of sp³-hybridized carbons (Fsp3) is 0.182. The highest BCUT2D eigenvalue weighted by Gasteiger charge is 2.00. The third kappa shape index (κ3) is 2.10. The Bertz CT molecular complexity index is 473. The van der Waals surface area contributed by atoms with Gasteiger partial charge in [0.1, 0.15) is 0 Å². The van der Waals surface area contributed by atoms with Gasteiger partial charge in [0.25, 0.3) is 0 Å². The van der Waals surface area contributed by atoms with Gasteiger partial charge in [-0.05, 0) is 24.4 Å². The number of nitrogens with zero attached hydrogens (tertiary/aromatic N) is 1. The molecule has 0 unspecified atom stereocenters. The largest absolute Gasteiger partial charge is 0.478 e. The molecule has 0 spiro atoms. The molecule has 2 rings (SSSR count). The van der Waals surface area contributed by atoms with Crippen molar-refractivity contribution in [1.29, 1.82) is 0 Å². The van der Waals surface area contributed by atoms with E-state index in [1.807, 2.05) is 37.3 Å². The number of rotatable bonds is 3. The topological polar surface area (TPSA) is 42.4 Å². The summed E-state index contributed by atoms with van der Waals surface area (Å²) in [4.78, 5) is 4.34. The quantitative estimate of drug-likeness (QED) is 0.739. The molecule has 0 radical (unpaired) electrons. The first-order valence-electron chi connectivity index (χ1n) is 4.97. The van der Waals surface area contributed by atoms with Crippen molar-refractivity contribution in [2.75, 3.05) is 6.61 Å². The second kappa shape index (κ2) is 4.32. The van der Waals surface area contributed by atoms with Gasteiger partial charge in [0.05, 0.1) is 12.1 Å². The van der Waals surface area contributed by atoms with Crippen molar-refractivity contribution in [2.45, 2.75) is 6.92 Å². The minimum atomic E-state index is 0.0587. The van der Waals surface area contributed by atoms with E-state index in [4.69, 9.17) is 9.76 Å². The van der Waals surface area contributed by atoms with E-state index in [0.29, 0.717) is 12.5 Å². The maximum atomic E-state index is 8.99. The molecule has 0 fully saturated rings. The van der Waals surface area contributed by atoms with Crippen LogP contribution >= 0.6 is 0 Å². The highest BCUT2D eigenvalue weighted by molar-refractivity contribution is 6.45. The smallest absolute Gasteiger partial charge is 0.304 e. The lowest BCUT2D eigenvalue weighted by Crippen LogP contribution is -2.12. The van der Waals surface area contributed by atoms with Gasteiger partial charge in [-0.3, -0.25) is 0 Å². The lowest BCUT2D eigenvalue weighted by atomic mass is 9.88. The molecule has 3 nitrogen and oxygen atoms in total. The van der Waals surface area contributed by atoms with Crippen molar-refractivity contribution in [1.82, 2.24) is 4.98 Å². The highest BCUT2D eigenvalue weighted by atomic mass is 16.5. The standard InChI is InChI=1S/C11H12BNO2/c1-2-15-11-6-3-8-7-9(12-14)4-5-10(8)13-11/h3-7,12,14H,2H2,1H3. The number of fused-ring (bicyclic) bond motifs is 1. The van der Waals surface area contributed by atoms with Gasteiger partial charge < -0.3 is 9.76 Å². The van der Waals surface area contributed by atoms with Crippen LogP contribution < -0.4 is 10.2 Å². The number of hydrogen-bond donors (Lipinski definition) is 1. The van der Waals surface area contributed by atoms with Crippen LogP contribution in [0.2, 0.25) is 0 Å². The molecule has 1 heterocycles. The fourth-order valence-corrected chi connectivity index (χ4v) is 1.48. The summed E-state index contributed by atoms with van der Waals surface area (Å²) in [6.07, 6.45) is 0. The van der Waals surface area contributed by atoms with Crippen LogP contribution in [-0.4, -0.2) is 24.1 Å². The van der Waals surface area contributed by atoms with Crippen molar-refractivity contribution >= 4 is 23.8 Å². The number of aromatic nitrogens is 1. The minimum absolute atomic E-state index is 0.0587. The lowest BCUT2D eigenvalue weighted by molar-refractivity contribution is 0.328. The van der Waals surface area contributed by atoms with Crippen LogP contribution in [0.4, 0.5) is 0 Å². The van der Waals surface area contributed by atoms with Crippen LogP contribution in [0.15, 0.2) is 30.3 Å². The molecule has 1 aromatic carbocycles. The molecular weight excluding hydrogens is 189 g/mol. The van der Waals surface area contributed by atoms with Gasteiger partial charge in [-0.15, -0.1) is 0 Å². The zero-order valence-electron chi connectivity index (χ0n) is 8.60. The predicted molar refractivity (Wildman–Crippen MR) is 61.9 cm³/mol. The first-order chi connectivity index (χ1) is 7.33. The molecule has 0 aliphatic heterocycles. The van der Waals surface area contributed by atoms with Gasteiger partial charge >= 0.3 is 7.48 Å². The van der Waals surface area contributed by atoms with Gasteiger partial charge in [-0.1, -0.05) is 17.6 Å². The van der Waals surface area contributed by atoms with E-state index in [-0.39, 0.29) is 7.48 Å². The molecule has 0 aliphatic carbocycles. The molecule has 0 aliphatic rings. The third-order valence-corrected chi connectivity index (χ3v) is 2.20. The van der Waals surface area contributed by atoms with E-state index in [9.17, 15) is 0 Å². The van der Waals surface area contributed by atoms with Crippen LogP contribution in [-0.2, 0) is 0 Å². The number of hydrogen-bond acceptors (Lipinski definition) is 3. The molecule has 0 atom stereocenters. The number of pyridine rings is 1. The fourth-order valence-electron chi connectivity index (χ4n) is 1.48. The molecule has 0 saturated heterocycles. The zero-order chi connectivity index (χ0) is 10.7. The van der Waals surface area contributed by atoms with E-state index >= 15 is 0 Å². The normalized spacial score (nSPS) is 10.3. The summed E-state index contributed by atoms with van der Waals surface area (Å²) < 4.78 is 5.31. The Balaban J connectivity index is 2.45. The average molecular weight is 201 g/mol. The second-order valence-electron chi connectivity index (χ2n) is 3.27. The Labute approximate surface area is 89.0 Å². The monoisotopic (exact) mass is 201 g/mol. The van der Waals surface area contributed by atoms with E-state index in [1.54, 1.807) is 0 Å². The van der Waals surface area contributed by atoms with Gasteiger partial charge in [-0.25, -0.2) is 4.98 Å². The van der Waals surface area contributed by atoms with E-state index in [2.05, 4.69) is 4.98 Å². The summed E-state index contributed by atoms with van der Waals surface area (Å²) in [6.45, 7) is 2.55. The molecule has 76 valence electrons. The summed E-state index contributed by atoms with van der Waals surface area (Å²) in [7, 11) is 0.0587. The SMILES string of the molecule is CCOc1ccc2cc(BO)ccc2n1. The van der Waals surface area contributed by atoms with Gasteiger partial charge in [0.15, 0.2) is 0 Å². The van der Waals surface area contributed by atoms with Crippen molar-refractivity contribution < 1.29 is 9.76 Å². The van der Waals surface area contributed by atoms with Crippen LogP contribution in [0.25, 0.3) is 10.9 Å². The number of benzene rings is 1. The van der Waals surface area contributed by atoms with Crippen LogP contribution in [0.5, 0.6) is 5.88 Å². The molecule has 0 bridgehead atoms. The van der Waals surface area contributed by atoms with Gasteiger partial charge in [0.2, 0.25) is 5.88 Å². The Morgan fingerprint density at radius 2 is 2.20 bits per heavy atom. The first-order valence-corrected chi connectivity index (χ1v) is 4.97. The van der Waals surface area contributed by atoms with Crippen molar-refractivity contribution in [2.24, 2.45) is 0 Å². The van der Waals surface area contributed by atoms with Gasteiger partial charge in [-0.2, -0.15) is 0 Å². The molecule has 1 N–H and O–H groups in total. The first kappa shape index (κ1) is 9.99. The molecule has 0 amide bonds. The Kier molecular flexibility index (Phi) is 2.88. The van der Waals surface area contributed by atoms with E-state index in [0.717, 1.165) is 16.4 Å². The van der Waals surface area contributed by atoms with E-state index in [1.165, 1.54) is 0 Å². The van der Waals surface area contributed by atoms with Gasteiger partial charge in [0, 0.05) is 6.07 Å². The number of ether oxygens (including phenoxy) is 1. The Hall–Kier alpha value is -1.55. The van der Waals surface area contributed by atoms with Crippen LogP contribution in [0.3, 0.4) is 0 Å². The third-order valence-electron chi connectivity index (χ3n) is 2.20. The maximum absolute atomic E-state index is 8.99. The zero-order valence-corrected chi connectivity index (χ0v) is 8.60. The van der Waals surface area contributed by atoms with Crippen LogP contribution in [0, 0.1) is 0 Å². The molecule has 2 aromatic rings. The molecule has 1 aromatic heterocycles. The average Bonchev–Trinajstić information content (AvgIpc) is 2.29. The minimum Gasteiger partial charge on any atom is -0.478 e.